The number of Topliss-reactive ketones (excluding diaryl/α,β-unsaturated/α-hetero) is 1. The van der Waals surface area contributed by atoms with Crippen molar-refractivity contribution in [3.63, 3.8) is 0 Å². The number of hydrogen-bond acceptors (Lipinski definition) is 5. The largest absolute Gasteiger partial charge is 0.451 e. The number of carbonyl (C=O) groups excluding carboxylic acids is 2. The smallest absolute Gasteiger partial charge is 0.339 e. The molecule has 3 rings (SSSR count). The molecule has 1 aliphatic rings. The summed E-state index contributed by atoms with van der Waals surface area (Å²) < 4.78 is 5.46. The summed E-state index contributed by atoms with van der Waals surface area (Å²) in [5.74, 6) is -0.489. The third-order valence-corrected chi connectivity index (χ3v) is 5.23. The quantitative estimate of drug-likeness (QED) is 0.765. The van der Waals surface area contributed by atoms with Crippen molar-refractivity contribution in [1.82, 2.24) is 0 Å². The van der Waals surface area contributed by atoms with Gasteiger partial charge in [0.05, 0.1) is 11.1 Å². The third kappa shape index (κ3) is 4.09. The van der Waals surface area contributed by atoms with Crippen LogP contribution in [0.25, 0.3) is 0 Å². The molecule has 1 fully saturated rings. The minimum atomic E-state index is -0.634. The first-order valence-corrected chi connectivity index (χ1v) is 9.00. The van der Waals surface area contributed by atoms with Crippen LogP contribution in [0.15, 0.2) is 58.3 Å². The number of hydrogen-bond donors (Lipinski definition) is 0. The highest BCUT2D eigenvalue weighted by Crippen LogP contribution is 2.33. The second-order valence-electron chi connectivity index (χ2n) is 5.81. The lowest BCUT2D eigenvalue weighted by atomic mass is 9.96. The SMILES string of the molecule is N#Cc1ccccc1Sc1ccccc1C(=O)O[C@H]1CCCCC1=O. The van der Waals surface area contributed by atoms with Gasteiger partial charge in [-0.25, -0.2) is 4.79 Å². The Hall–Kier alpha value is -2.58. The van der Waals surface area contributed by atoms with Crippen molar-refractivity contribution in [3.8, 4) is 6.07 Å². The lowest BCUT2D eigenvalue weighted by molar-refractivity contribution is -0.129. The van der Waals surface area contributed by atoms with Crippen molar-refractivity contribution in [3.05, 3.63) is 59.7 Å². The molecule has 0 radical (unpaired) electrons. The van der Waals surface area contributed by atoms with Gasteiger partial charge < -0.3 is 4.74 Å². The monoisotopic (exact) mass is 351 g/mol. The van der Waals surface area contributed by atoms with E-state index in [4.69, 9.17) is 4.74 Å². The highest BCUT2D eigenvalue weighted by molar-refractivity contribution is 7.99. The molecular formula is C20H17NO3S. The molecule has 4 nitrogen and oxygen atoms in total. The van der Waals surface area contributed by atoms with Gasteiger partial charge >= 0.3 is 5.97 Å². The van der Waals surface area contributed by atoms with E-state index in [0.717, 1.165) is 17.7 Å². The van der Waals surface area contributed by atoms with Crippen molar-refractivity contribution in [1.29, 1.82) is 5.26 Å². The van der Waals surface area contributed by atoms with Crippen LogP contribution in [0.4, 0.5) is 0 Å². The van der Waals surface area contributed by atoms with E-state index in [-0.39, 0.29) is 5.78 Å². The molecule has 126 valence electrons. The summed E-state index contributed by atoms with van der Waals surface area (Å²) in [6.45, 7) is 0. The Bertz CT molecular complexity index is 841. The Balaban J connectivity index is 1.82. The number of ketones is 1. The Morgan fingerprint density at radius 1 is 1.08 bits per heavy atom. The van der Waals surface area contributed by atoms with E-state index < -0.39 is 12.1 Å². The maximum atomic E-state index is 12.6. The average molecular weight is 351 g/mol. The lowest BCUT2D eigenvalue weighted by Crippen LogP contribution is -2.30. The van der Waals surface area contributed by atoms with Crippen molar-refractivity contribution >= 4 is 23.5 Å². The Labute approximate surface area is 150 Å². The minimum absolute atomic E-state index is 0.000407. The highest BCUT2D eigenvalue weighted by atomic mass is 32.2. The number of nitriles is 1. The average Bonchev–Trinajstić information content (AvgIpc) is 2.64. The molecule has 0 N–H and O–H groups in total. The van der Waals surface area contributed by atoms with Crippen LogP contribution in [-0.4, -0.2) is 17.9 Å². The number of carbonyl (C=O) groups is 2. The molecule has 0 amide bonds. The van der Waals surface area contributed by atoms with Gasteiger partial charge in [0.2, 0.25) is 0 Å². The van der Waals surface area contributed by atoms with Gasteiger partial charge in [0.25, 0.3) is 0 Å². The maximum Gasteiger partial charge on any atom is 0.339 e. The normalized spacial score (nSPS) is 16.9. The minimum Gasteiger partial charge on any atom is -0.451 e. The van der Waals surface area contributed by atoms with Crippen molar-refractivity contribution in [2.75, 3.05) is 0 Å². The molecular weight excluding hydrogens is 334 g/mol. The molecule has 25 heavy (non-hydrogen) atoms. The molecule has 1 saturated carbocycles. The topological polar surface area (TPSA) is 67.2 Å². The van der Waals surface area contributed by atoms with Gasteiger partial charge in [-0.2, -0.15) is 5.26 Å². The predicted molar refractivity (Wildman–Crippen MR) is 94.4 cm³/mol. The van der Waals surface area contributed by atoms with E-state index >= 15 is 0 Å². The fourth-order valence-corrected chi connectivity index (χ4v) is 3.77. The first kappa shape index (κ1) is 17.2. The number of rotatable bonds is 4. The van der Waals surface area contributed by atoms with Crippen molar-refractivity contribution in [2.45, 2.75) is 41.6 Å². The van der Waals surface area contributed by atoms with Crippen molar-refractivity contribution in [2.24, 2.45) is 0 Å². The van der Waals surface area contributed by atoms with E-state index in [0.29, 0.717) is 28.9 Å². The first-order valence-electron chi connectivity index (χ1n) is 8.19. The molecule has 0 aliphatic heterocycles. The molecule has 0 spiro atoms. The summed E-state index contributed by atoms with van der Waals surface area (Å²) in [7, 11) is 0. The molecule has 0 heterocycles. The summed E-state index contributed by atoms with van der Waals surface area (Å²) in [5, 5.41) is 9.23. The van der Waals surface area contributed by atoms with Gasteiger partial charge in [0.15, 0.2) is 11.9 Å². The van der Waals surface area contributed by atoms with E-state index in [1.807, 2.05) is 24.3 Å². The molecule has 0 bridgehead atoms. The molecule has 2 aromatic carbocycles. The third-order valence-electron chi connectivity index (χ3n) is 4.08. The fraction of sp³-hybridized carbons (Fsp3) is 0.250. The van der Waals surface area contributed by atoms with Crippen LogP contribution in [0.2, 0.25) is 0 Å². The molecule has 0 aromatic heterocycles. The molecule has 1 aliphatic carbocycles. The molecule has 2 aromatic rings. The second-order valence-corrected chi connectivity index (χ2v) is 6.90. The molecule has 0 unspecified atom stereocenters. The summed E-state index contributed by atoms with van der Waals surface area (Å²) in [6.07, 6.45) is 2.20. The number of ether oxygens (including phenoxy) is 1. The highest BCUT2D eigenvalue weighted by Gasteiger charge is 2.27. The Morgan fingerprint density at radius 3 is 2.56 bits per heavy atom. The zero-order chi connectivity index (χ0) is 17.6. The zero-order valence-corrected chi connectivity index (χ0v) is 14.4. The van der Waals surface area contributed by atoms with Crippen molar-refractivity contribution < 1.29 is 14.3 Å². The zero-order valence-electron chi connectivity index (χ0n) is 13.6. The van der Waals surface area contributed by atoms with Crippen LogP contribution >= 0.6 is 11.8 Å². The van der Waals surface area contributed by atoms with Crippen LogP contribution < -0.4 is 0 Å². The van der Waals surface area contributed by atoms with Gasteiger partial charge in [0.1, 0.15) is 6.07 Å². The summed E-state index contributed by atoms with van der Waals surface area (Å²) in [6, 6.07) is 16.5. The van der Waals surface area contributed by atoms with E-state index in [9.17, 15) is 14.9 Å². The van der Waals surface area contributed by atoms with Gasteiger partial charge in [-0.05, 0) is 43.5 Å². The van der Waals surface area contributed by atoms with Gasteiger partial charge in [-0.3, -0.25) is 4.79 Å². The van der Waals surface area contributed by atoms with Gasteiger partial charge in [0, 0.05) is 16.2 Å². The van der Waals surface area contributed by atoms with Crippen LogP contribution in [0.3, 0.4) is 0 Å². The fourth-order valence-electron chi connectivity index (χ4n) is 2.76. The lowest BCUT2D eigenvalue weighted by Gasteiger charge is -2.21. The van der Waals surface area contributed by atoms with Crippen LogP contribution in [0.5, 0.6) is 0 Å². The Morgan fingerprint density at radius 2 is 1.80 bits per heavy atom. The molecule has 0 saturated heterocycles. The second kappa shape index (κ2) is 8.00. The summed E-state index contributed by atoms with van der Waals surface area (Å²) in [4.78, 5) is 26.0. The predicted octanol–water partition coefficient (Wildman–Crippen LogP) is 4.38. The number of nitrogens with zero attached hydrogens (tertiary/aromatic N) is 1. The summed E-state index contributed by atoms with van der Waals surface area (Å²) in [5.41, 5.74) is 0.969. The number of esters is 1. The molecule has 1 atom stereocenters. The van der Waals surface area contributed by atoms with Crippen LogP contribution in [0, 0.1) is 11.3 Å². The Kier molecular flexibility index (Phi) is 5.52. The van der Waals surface area contributed by atoms with Crippen LogP contribution in [-0.2, 0) is 9.53 Å². The van der Waals surface area contributed by atoms with Gasteiger partial charge in [-0.15, -0.1) is 0 Å². The van der Waals surface area contributed by atoms with Crippen LogP contribution in [0.1, 0.15) is 41.6 Å². The maximum absolute atomic E-state index is 12.6. The molecule has 5 heteroatoms. The van der Waals surface area contributed by atoms with E-state index in [1.54, 1.807) is 24.3 Å². The van der Waals surface area contributed by atoms with E-state index in [1.165, 1.54) is 11.8 Å². The standard InChI is InChI=1S/C20H17NO3S/c21-13-14-7-1-5-11-18(14)25-19-12-6-2-8-15(19)20(23)24-17-10-4-3-9-16(17)22/h1-2,5-8,11-12,17H,3-4,9-10H2/t17-/m0/s1. The van der Waals surface area contributed by atoms with E-state index in [2.05, 4.69) is 6.07 Å². The van der Waals surface area contributed by atoms with Gasteiger partial charge in [-0.1, -0.05) is 36.0 Å². The first-order chi connectivity index (χ1) is 12.2. The number of benzene rings is 2. The summed E-state index contributed by atoms with van der Waals surface area (Å²) >= 11 is 1.35.